The molecule has 1 aromatic carbocycles. The molecule has 2 heterocycles. The molecule has 0 saturated heterocycles. The fourth-order valence-electron chi connectivity index (χ4n) is 2.50. The van der Waals surface area contributed by atoms with E-state index in [4.69, 9.17) is 11.6 Å². The summed E-state index contributed by atoms with van der Waals surface area (Å²) in [6.45, 7) is 1.91. The van der Waals surface area contributed by atoms with Gasteiger partial charge in [-0.15, -0.1) is 0 Å². The van der Waals surface area contributed by atoms with Gasteiger partial charge in [0.15, 0.2) is 5.82 Å². The van der Waals surface area contributed by atoms with Gasteiger partial charge in [0.2, 0.25) is 5.91 Å². The van der Waals surface area contributed by atoms with E-state index in [0.717, 1.165) is 5.56 Å². The van der Waals surface area contributed by atoms with Crippen LogP contribution in [0.3, 0.4) is 0 Å². The normalized spacial score (nSPS) is 11.2. The van der Waals surface area contributed by atoms with Gasteiger partial charge in [-0.05, 0) is 40.5 Å². The van der Waals surface area contributed by atoms with E-state index in [1.165, 1.54) is 4.68 Å². The maximum absolute atomic E-state index is 12.9. The Bertz CT molecular complexity index is 972. The van der Waals surface area contributed by atoms with E-state index in [-0.39, 0.29) is 16.7 Å². The lowest BCUT2D eigenvalue weighted by atomic mass is 10.2. The molecule has 0 saturated carbocycles. The fourth-order valence-corrected chi connectivity index (χ4v) is 3.17. The van der Waals surface area contributed by atoms with Crippen molar-refractivity contribution in [3.63, 3.8) is 0 Å². The highest BCUT2D eigenvalue weighted by Crippen LogP contribution is 2.28. The summed E-state index contributed by atoms with van der Waals surface area (Å²) in [6, 6.07) is 9.04. The molecule has 2 aromatic heterocycles. The molecular formula is C17H15BrClF2N5O. The SMILES string of the molecule is Cc1c(Br)c(C(F)F)nn1CC(=O)Nc1ccn(Cc2cccc(Cl)c2)n1. The van der Waals surface area contributed by atoms with Crippen LogP contribution in [0, 0.1) is 6.92 Å². The molecule has 1 amide bonds. The molecule has 0 atom stereocenters. The van der Waals surface area contributed by atoms with E-state index in [0.29, 0.717) is 23.1 Å². The van der Waals surface area contributed by atoms with Crippen LogP contribution in [-0.2, 0) is 17.9 Å². The van der Waals surface area contributed by atoms with Gasteiger partial charge in [-0.1, -0.05) is 23.7 Å². The van der Waals surface area contributed by atoms with Crippen LogP contribution in [0.1, 0.15) is 23.4 Å². The largest absolute Gasteiger partial charge is 0.308 e. The van der Waals surface area contributed by atoms with Gasteiger partial charge in [0, 0.05) is 17.3 Å². The van der Waals surface area contributed by atoms with Crippen LogP contribution >= 0.6 is 27.5 Å². The van der Waals surface area contributed by atoms with Gasteiger partial charge < -0.3 is 5.32 Å². The monoisotopic (exact) mass is 457 g/mol. The number of anilines is 1. The minimum atomic E-state index is -2.72. The zero-order chi connectivity index (χ0) is 19.6. The first-order valence-electron chi connectivity index (χ1n) is 7.92. The Kier molecular flexibility index (Phi) is 5.91. The maximum Gasteiger partial charge on any atom is 0.283 e. The Labute approximate surface area is 167 Å². The minimum absolute atomic E-state index is 0.196. The molecule has 0 bridgehead atoms. The van der Waals surface area contributed by atoms with Crippen LogP contribution in [0.15, 0.2) is 41.0 Å². The Morgan fingerprint density at radius 3 is 2.78 bits per heavy atom. The molecular weight excluding hydrogens is 444 g/mol. The van der Waals surface area contributed by atoms with Crippen molar-refractivity contribution >= 4 is 39.3 Å². The number of amides is 1. The zero-order valence-electron chi connectivity index (χ0n) is 14.2. The topological polar surface area (TPSA) is 64.7 Å². The number of nitrogens with zero attached hydrogens (tertiary/aromatic N) is 4. The Hall–Kier alpha value is -2.26. The van der Waals surface area contributed by atoms with Gasteiger partial charge in [0.05, 0.1) is 16.7 Å². The first-order valence-corrected chi connectivity index (χ1v) is 9.09. The van der Waals surface area contributed by atoms with Gasteiger partial charge in [-0.3, -0.25) is 14.2 Å². The average Bonchev–Trinajstić information content (AvgIpc) is 3.14. The number of aromatic nitrogens is 4. The highest BCUT2D eigenvalue weighted by Gasteiger charge is 2.21. The van der Waals surface area contributed by atoms with Gasteiger partial charge in [0.1, 0.15) is 12.2 Å². The summed E-state index contributed by atoms with van der Waals surface area (Å²) in [5.41, 5.74) is 1.04. The third kappa shape index (κ3) is 4.72. The molecule has 27 heavy (non-hydrogen) atoms. The molecule has 1 N–H and O–H groups in total. The summed E-state index contributed by atoms with van der Waals surface area (Å²) in [4.78, 5) is 12.2. The van der Waals surface area contributed by atoms with Gasteiger partial charge in [0.25, 0.3) is 6.43 Å². The quantitative estimate of drug-likeness (QED) is 0.594. The summed E-state index contributed by atoms with van der Waals surface area (Å²) in [6.07, 6.45) is -0.995. The molecule has 10 heteroatoms. The van der Waals surface area contributed by atoms with Crippen LogP contribution in [0.5, 0.6) is 0 Å². The summed E-state index contributed by atoms with van der Waals surface area (Å²) in [5.74, 6) is -0.0538. The van der Waals surface area contributed by atoms with Crippen LogP contribution in [0.4, 0.5) is 14.6 Å². The van der Waals surface area contributed by atoms with Gasteiger partial charge in [-0.25, -0.2) is 8.78 Å². The summed E-state index contributed by atoms with van der Waals surface area (Å²) in [5, 5.41) is 11.3. The van der Waals surface area contributed by atoms with Crippen LogP contribution < -0.4 is 5.32 Å². The number of alkyl halides is 2. The molecule has 3 aromatic rings. The third-order valence-electron chi connectivity index (χ3n) is 3.80. The molecule has 0 spiro atoms. The van der Waals surface area contributed by atoms with E-state index in [9.17, 15) is 13.6 Å². The van der Waals surface area contributed by atoms with E-state index >= 15 is 0 Å². The second-order valence-corrected chi connectivity index (χ2v) is 7.05. The Morgan fingerprint density at radius 1 is 1.33 bits per heavy atom. The number of hydrogen-bond donors (Lipinski definition) is 1. The Balaban J connectivity index is 1.64. The van der Waals surface area contributed by atoms with Crippen molar-refractivity contribution in [2.24, 2.45) is 0 Å². The molecule has 3 rings (SSSR count). The van der Waals surface area contributed by atoms with E-state index in [2.05, 4.69) is 31.4 Å². The summed E-state index contributed by atoms with van der Waals surface area (Å²) >= 11 is 9.04. The number of hydrogen-bond acceptors (Lipinski definition) is 3. The number of benzene rings is 1. The number of rotatable bonds is 6. The highest BCUT2D eigenvalue weighted by atomic mass is 79.9. The molecule has 0 aliphatic carbocycles. The lowest BCUT2D eigenvalue weighted by Crippen LogP contribution is -2.20. The molecule has 0 fully saturated rings. The molecule has 6 nitrogen and oxygen atoms in total. The average molecular weight is 459 g/mol. The number of halogens is 4. The first kappa shape index (κ1) is 19.5. The van der Waals surface area contributed by atoms with Crippen LogP contribution in [-0.4, -0.2) is 25.5 Å². The van der Waals surface area contributed by atoms with Crippen molar-refractivity contribution in [2.75, 3.05) is 5.32 Å². The lowest BCUT2D eigenvalue weighted by molar-refractivity contribution is -0.117. The molecule has 0 unspecified atom stereocenters. The maximum atomic E-state index is 12.9. The molecule has 142 valence electrons. The summed E-state index contributed by atoms with van der Waals surface area (Å²) in [7, 11) is 0. The van der Waals surface area contributed by atoms with Crippen LogP contribution in [0.2, 0.25) is 5.02 Å². The predicted octanol–water partition coefficient (Wildman–Crippen LogP) is 4.43. The number of carbonyl (C=O) groups excluding carboxylic acids is 1. The highest BCUT2D eigenvalue weighted by molar-refractivity contribution is 9.10. The third-order valence-corrected chi connectivity index (χ3v) is 5.02. The predicted molar refractivity (Wildman–Crippen MR) is 101 cm³/mol. The van der Waals surface area contributed by atoms with Gasteiger partial charge >= 0.3 is 0 Å². The Morgan fingerprint density at radius 2 is 2.11 bits per heavy atom. The van der Waals surface area contributed by atoms with Crippen molar-refractivity contribution < 1.29 is 13.6 Å². The van der Waals surface area contributed by atoms with Crippen molar-refractivity contribution in [2.45, 2.75) is 26.4 Å². The fraction of sp³-hybridized carbons (Fsp3) is 0.235. The lowest BCUT2D eigenvalue weighted by Gasteiger charge is -2.05. The van der Waals surface area contributed by atoms with E-state index in [1.54, 1.807) is 29.9 Å². The zero-order valence-corrected chi connectivity index (χ0v) is 16.5. The van der Waals surface area contributed by atoms with E-state index < -0.39 is 12.3 Å². The van der Waals surface area contributed by atoms with Crippen molar-refractivity contribution in [3.05, 3.63) is 63.0 Å². The van der Waals surface area contributed by atoms with Crippen LogP contribution in [0.25, 0.3) is 0 Å². The number of nitrogens with one attached hydrogen (secondary N) is 1. The molecule has 0 aliphatic heterocycles. The van der Waals surface area contributed by atoms with Gasteiger partial charge in [-0.2, -0.15) is 10.2 Å². The second kappa shape index (κ2) is 8.18. The molecule has 0 radical (unpaired) electrons. The second-order valence-electron chi connectivity index (χ2n) is 5.82. The smallest absolute Gasteiger partial charge is 0.283 e. The number of carbonyl (C=O) groups is 1. The van der Waals surface area contributed by atoms with Crippen molar-refractivity contribution in [1.29, 1.82) is 0 Å². The first-order chi connectivity index (χ1) is 12.8. The molecule has 0 aliphatic rings. The van der Waals surface area contributed by atoms with Crippen molar-refractivity contribution in [3.8, 4) is 0 Å². The minimum Gasteiger partial charge on any atom is -0.308 e. The van der Waals surface area contributed by atoms with E-state index in [1.807, 2.05) is 18.2 Å². The summed E-state index contributed by atoms with van der Waals surface area (Å²) < 4.78 is 28.9. The van der Waals surface area contributed by atoms with Crippen molar-refractivity contribution in [1.82, 2.24) is 19.6 Å². The standard InChI is InChI=1S/C17H15BrClF2N5O/c1-10-15(18)16(17(20)21)24-26(10)9-14(27)22-13-5-6-25(23-13)8-11-3-2-4-12(19)7-11/h2-7,17H,8-9H2,1H3,(H,22,23,27).